The molecule has 5 heteroatoms. The molecule has 2 aromatic rings. The van der Waals surface area contributed by atoms with Crippen molar-refractivity contribution in [3.05, 3.63) is 52.1 Å². The van der Waals surface area contributed by atoms with E-state index in [2.05, 4.69) is 46.1 Å². The van der Waals surface area contributed by atoms with Gasteiger partial charge in [-0.3, -0.25) is 4.79 Å². The third-order valence-corrected chi connectivity index (χ3v) is 5.12. The Morgan fingerprint density at radius 1 is 1.25 bits per heavy atom. The molecule has 1 N–H and O–H groups in total. The van der Waals surface area contributed by atoms with Gasteiger partial charge >= 0.3 is 0 Å². The van der Waals surface area contributed by atoms with Crippen LogP contribution in [0, 0.1) is 12.8 Å². The summed E-state index contributed by atoms with van der Waals surface area (Å²) in [5.41, 5.74) is 2.80. The van der Waals surface area contributed by atoms with Gasteiger partial charge in [-0.15, -0.1) is 0 Å². The van der Waals surface area contributed by atoms with Crippen molar-refractivity contribution in [1.82, 2.24) is 9.88 Å². The maximum absolute atomic E-state index is 12.5. The Kier molecular flexibility index (Phi) is 5.19. The standard InChI is InChI=1S/C19H22BrN3O/c1-13-7-9-23(10-8-13)19(24)15-4-6-18(21-12-15)22-17-5-3-14(2)11-16(17)20/h3-6,11-13H,7-10H2,1-2H3,(H,21,22). The average molecular weight is 388 g/mol. The Bertz CT molecular complexity index is 722. The zero-order chi connectivity index (χ0) is 17.1. The summed E-state index contributed by atoms with van der Waals surface area (Å²) in [6.45, 7) is 5.98. The number of carbonyl (C=O) groups excluding carboxylic acids is 1. The van der Waals surface area contributed by atoms with Gasteiger partial charge in [-0.05, 0) is 71.4 Å². The molecule has 0 unspecified atom stereocenters. The molecule has 4 nitrogen and oxygen atoms in total. The van der Waals surface area contributed by atoms with Crippen LogP contribution in [0.4, 0.5) is 11.5 Å². The second kappa shape index (κ2) is 7.34. The minimum absolute atomic E-state index is 0.0810. The van der Waals surface area contributed by atoms with E-state index in [1.165, 1.54) is 5.56 Å². The molecular formula is C19H22BrN3O. The SMILES string of the molecule is Cc1ccc(Nc2ccc(C(=O)N3CCC(C)CC3)cn2)c(Br)c1. The highest BCUT2D eigenvalue weighted by molar-refractivity contribution is 9.10. The van der Waals surface area contributed by atoms with E-state index in [9.17, 15) is 4.79 Å². The van der Waals surface area contributed by atoms with Crippen LogP contribution in [0.1, 0.15) is 35.7 Å². The highest BCUT2D eigenvalue weighted by atomic mass is 79.9. The van der Waals surface area contributed by atoms with Crippen LogP contribution in [0.15, 0.2) is 41.0 Å². The summed E-state index contributed by atoms with van der Waals surface area (Å²) in [6, 6.07) is 9.80. The van der Waals surface area contributed by atoms with Gasteiger partial charge in [0.05, 0.1) is 11.3 Å². The van der Waals surface area contributed by atoms with Gasteiger partial charge < -0.3 is 10.2 Å². The number of halogens is 1. The summed E-state index contributed by atoms with van der Waals surface area (Å²) < 4.78 is 0.992. The maximum Gasteiger partial charge on any atom is 0.255 e. The normalized spacial score (nSPS) is 15.4. The summed E-state index contributed by atoms with van der Waals surface area (Å²) in [6.07, 6.45) is 3.82. The van der Waals surface area contributed by atoms with E-state index in [0.717, 1.165) is 41.9 Å². The molecule has 1 aromatic carbocycles. The average Bonchev–Trinajstić information content (AvgIpc) is 2.58. The number of anilines is 2. The predicted octanol–water partition coefficient (Wildman–Crippen LogP) is 4.77. The number of nitrogens with zero attached hydrogens (tertiary/aromatic N) is 2. The quantitative estimate of drug-likeness (QED) is 0.824. The zero-order valence-electron chi connectivity index (χ0n) is 14.1. The number of hydrogen-bond donors (Lipinski definition) is 1. The first-order chi connectivity index (χ1) is 11.5. The van der Waals surface area contributed by atoms with Gasteiger partial charge in [-0.1, -0.05) is 13.0 Å². The van der Waals surface area contributed by atoms with Gasteiger partial charge in [0.1, 0.15) is 5.82 Å². The molecule has 0 aliphatic carbocycles. The summed E-state index contributed by atoms with van der Waals surface area (Å²) >= 11 is 3.55. The fourth-order valence-corrected chi connectivity index (χ4v) is 3.44. The molecular weight excluding hydrogens is 366 g/mol. The van der Waals surface area contributed by atoms with E-state index in [0.29, 0.717) is 11.5 Å². The molecule has 1 aromatic heterocycles. The number of pyridine rings is 1. The molecule has 1 fully saturated rings. The molecule has 1 aliphatic rings. The van der Waals surface area contributed by atoms with Crippen LogP contribution in [0.25, 0.3) is 0 Å². The summed E-state index contributed by atoms with van der Waals surface area (Å²) in [5, 5.41) is 3.27. The molecule has 1 aliphatic heterocycles. The number of carbonyl (C=O) groups is 1. The second-order valence-electron chi connectivity index (χ2n) is 6.52. The van der Waals surface area contributed by atoms with Crippen molar-refractivity contribution in [3.63, 3.8) is 0 Å². The summed E-state index contributed by atoms with van der Waals surface area (Å²) in [5.74, 6) is 1.52. The first kappa shape index (κ1) is 17.0. The summed E-state index contributed by atoms with van der Waals surface area (Å²) in [4.78, 5) is 18.8. The minimum Gasteiger partial charge on any atom is -0.339 e. The topological polar surface area (TPSA) is 45.2 Å². The lowest BCUT2D eigenvalue weighted by atomic mass is 9.99. The molecule has 0 spiro atoms. The van der Waals surface area contributed by atoms with Gasteiger partial charge in [-0.25, -0.2) is 4.98 Å². The molecule has 126 valence electrons. The van der Waals surface area contributed by atoms with Crippen LogP contribution in [-0.4, -0.2) is 28.9 Å². The van der Waals surface area contributed by atoms with Gasteiger partial charge in [0, 0.05) is 23.8 Å². The molecule has 1 amide bonds. The molecule has 1 saturated heterocycles. The van der Waals surface area contributed by atoms with Crippen molar-refractivity contribution < 1.29 is 4.79 Å². The van der Waals surface area contributed by atoms with Crippen LogP contribution in [-0.2, 0) is 0 Å². The number of piperidine rings is 1. The molecule has 0 atom stereocenters. The molecule has 0 radical (unpaired) electrons. The fourth-order valence-electron chi connectivity index (χ4n) is 2.85. The number of aryl methyl sites for hydroxylation is 1. The zero-order valence-corrected chi connectivity index (χ0v) is 15.6. The first-order valence-corrected chi connectivity index (χ1v) is 9.11. The van der Waals surface area contributed by atoms with Crippen molar-refractivity contribution >= 4 is 33.3 Å². The van der Waals surface area contributed by atoms with Crippen LogP contribution in [0.5, 0.6) is 0 Å². The third kappa shape index (κ3) is 3.96. The third-order valence-electron chi connectivity index (χ3n) is 4.47. The van der Waals surface area contributed by atoms with Crippen LogP contribution < -0.4 is 5.32 Å². The number of hydrogen-bond acceptors (Lipinski definition) is 3. The first-order valence-electron chi connectivity index (χ1n) is 8.31. The smallest absolute Gasteiger partial charge is 0.255 e. The van der Waals surface area contributed by atoms with Gasteiger partial charge in [0.15, 0.2) is 0 Å². The Labute approximate surface area is 151 Å². The highest BCUT2D eigenvalue weighted by Gasteiger charge is 2.21. The van der Waals surface area contributed by atoms with E-state index in [4.69, 9.17) is 0 Å². The Hall–Kier alpha value is -1.88. The Balaban J connectivity index is 1.68. The molecule has 0 bridgehead atoms. The van der Waals surface area contributed by atoms with Gasteiger partial charge in [-0.2, -0.15) is 0 Å². The Morgan fingerprint density at radius 3 is 2.62 bits per heavy atom. The lowest BCUT2D eigenvalue weighted by molar-refractivity contribution is 0.0697. The fraction of sp³-hybridized carbons (Fsp3) is 0.368. The van der Waals surface area contributed by atoms with E-state index < -0.39 is 0 Å². The lowest BCUT2D eigenvalue weighted by Crippen LogP contribution is -2.37. The van der Waals surface area contributed by atoms with Crippen molar-refractivity contribution in [2.24, 2.45) is 5.92 Å². The van der Waals surface area contributed by atoms with Crippen molar-refractivity contribution in [3.8, 4) is 0 Å². The molecule has 24 heavy (non-hydrogen) atoms. The lowest BCUT2D eigenvalue weighted by Gasteiger charge is -2.30. The highest BCUT2D eigenvalue weighted by Crippen LogP contribution is 2.26. The van der Waals surface area contributed by atoms with E-state index >= 15 is 0 Å². The number of aromatic nitrogens is 1. The van der Waals surface area contributed by atoms with Crippen LogP contribution in [0.2, 0.25) is 0 Å². The predicted molar refractivity (Wildman–Crippen MR) is 101 cm³/mol. The number of likely N-dealkylation sites (tertiary alicyclic amines) is 1. The summed E-state index contributed by atoms with van der Waals surface area (Å²) in [7, 11) is 0. The molecule has 3 rings (SSSR count). The number of nitrogens with one attached hydrogen (secondary N) is 1. The van der Waals surface area contributed by atoms with E-state index in [-0.39, 0.29) is 5.91 Å². The molecule has 0 saturated carbocycles. The van der Waals surface area contributed by atoms with E-state index in [1.54, 1.807) is 6.20 Å². The van der Waals surface area contributed by atoms with Crippen molar-refractivity contribution in [2.75, 3.05) is 18.4 Å². The van der Waals surface area contributed by atoms with Crippen molar-refractivity contribution in [1.29, 1.82) is 0 Å². The number of benzene rings is 1. The van der Waals surface area contributed by atoms with Gasteiger partial charge in [0.2, 0.25) is 0 Å². The number of rotatable bonds is 3. The Morgan fingerprint density at radius 2 is 2.00 bits per heavy atom. The minimum atomic E-state index is 0.0810. The molecule has 2 heterocycles. The monoisotopic (exact) mass is 387 g/mol. The largest absolute Gasteiger partial charge is 0.339 e. The van der Waals surface area contributed by atoms with Gasteiger partial charge in [0.25, 0.3) is 5.91 Å². The second-order valence-corrected chi connectivity index (χ2v) is 7.37. The number of amides is 1. The van der Waals surface area contributed by atoms with Crippen molar-refractivity contribution in [2.45, 2.75) is 26.7 Å². The van der Waals surface area contributed by atoms with Crippen LogP contribution in [0.3, 0.4) is 0 Å². The maximum atomic E-state index is 12.5. The van der Waals surface area contributed by atoms with E-state index in [1.807, 2.05) is 29.2 Å². The van der Waals surface area contributed by atoms with Crippen LogP contribution >= 0.6 is 15.9 Å².